The molecule has 1 heterocycles. The summed E-state index contributed by atoms with van der Waals surface area (Å²) in [5, 5.41) is 9.92. The van der Waals surface area contributed by atoms with E-state index < -0.39 is 0 Å². The molecule has 20 heavy (non-hydrogen) atoms. The first kappa shape index (κ1) is 13.8. The van der Waals surface area contributed by atoms with Crippen molar-refractivity contribution in [3.05, 3.63) is 34.9 Å². The fraction of sp³-hybridized carbons (Fsp3) is 0.588. The van der Waals surface area contributed by atoms with Crippen molar-refractivity contribution in [1.29, 1.82) is 0 Å². The van der Waals surface area contributed by atoms with E-state index in [9.17, 15) is 9.90 Å². The molecule has 2 aliphatic rings. The number of Topliss-reactive ketones (excluding diaryl/α,β-unsaturated/α-hetero) is 1. The van der Waals surface area contributed by atoms with Crippen molar-refractivity contribution in [3.8, 4) is 0 Å². The van der Waals surface area contributed by atoms with Gasteiger partial charge >= 0.3 is 0 Å². The largest absolute Gasteiger partial charge is 0.393 e. The average molecular weight is 273 g/mol. The van der Waals surface area contributed by atoms with Gasteiger partial charge in [-0.05, 0) is 49.8 Å². The number of nitrogens with zero attached hydrogens (tertiary/aromatic N) is 1. The number of fused-ring (bicyclic) bond motifs is 1. The molecule has 1 aromatic carbocycles. The van der Waals surface area contributed by atoms with Crippen molar-refractivity contribution >= 4 is 5.78 Å². The van der Waals surface area contributed by atoms with E-state index >= 15 is 0 Å². The summed E-state index contributed by atoms with van der Waals surface area (Å²) in [7, 11) is 0. The number of likely N-dealkylation sites (tertiary alicyclic amines) is 1. The minimum Gasteiger partial charge on any atom is -0.393 e. The average Bonchev–Trinajstić information content (AvgIpc) is 2.95. The molecule has 3 rings (SSSR count). The van der Waals surface area contributed by atoms with Crippen LogP contribution in [0.15, 0.2) is 18.2 Å². The number of aliphatic hydroxyl groups is 1. The van der Waals surface area contributed by atoms with Gasteiger partial charge in [-0.3, -0.25) is 9.69 Å². The van der Waals surface area contributed by atoms with Crippen LogP contribution in [0.5, 0.6) is 0 Å². The summed E-state index contributed by atoms with van der Waals surface area (Å²) in [6.07, 6.45) is 1.90. The molecule has 1 saturated carbocycles. The van der Waals surface area contributed by atoms with E-state index in [4.69, 9.17) is 0 Å². The predicted molar refractivity (Wildman–Crippen MR) is 78.9 cm³/mol. The zero-order valence-electron chi connectivity index (χ0n) is 12.3. The van der Waals surface area contributed by atoms with Gasteiger partial charge in [-0.25, -0.2) is 0 Å². The SMILES string of the molecule is Cc1ccc(C(=O)CN2CC3CCC(O)C3C2)cc1C. The maximum absolute atomic E-state index is 12.4. The molecule has 3 atom stereocenters. The molecular formula is C17H23NO2. The molecular weight excluding hydrogens is 250 g/mol. The molecule has 3 nitrogen and oxygen atoms in total. The molecule has 0 amide bonds. The molecule has 0 radical (unpaired) electrons. The van der Waals surface area contributed by atoms with E-state index in [1.165, 1.54) is 11.1 Å². The van der Waals surface area contributed by atoms with Gasteiger partial charge in [0.1, 0.15) is 0 Å². The van der Waals surface area contributed by atoms with E-state index in [2.05, 4.69) is 11.8 Å². The molecule has 108 valence electrons. The molecule has 0 aromatic heterocycles. The van der Waals surface area contributed by atoms with Crippen LogP contribution >= 0.6 is 0 Å². The number of hydrogen-bond acceptors (Lipinski definition) is 3. The summed E-state index contributed by atoms with van der Waals surface area (Å²) in [4.78, 5) is 14.6. The second-order valence-electron chi connectivity index (χ2n) is 6.48. The summed E-state index contributed by atoms with van der Waals surface area (Å²) in [6, 6.07) is 5.94. The van der Waals surface area contributed by atoms with Crippen LogP contribution in [0.4, 0.5) is 0 Å². The summed E-state index contributed by atoms with van der Waals surface area (Å²) in [6.45, 7) is 6.44. The molecule has 1 saturated heterocycles. The van der Waals surface area contributed by atoms with E-state index in [0.717, 1.165) is 31.5 Å². The minimum atomic E-state index is -0.151. The lowest BCUT2D eigenvalue weighted by Crippen LogP contribution is -2.30. The van der Waals surface area contributed by atoms with Gasteiger partial charge in [0.2, 0.25) is 0 Å². The number of benzene rings is 1. The van der Waals surface area contributed by atoms with Gasteiger partial charge in [0.15, 0.2) is 5.78 Å². The predicted octanol–water partition coefficient (Wildman–Crippen LogP) is 2.19. The lowest BCUT2D eigenvalue weighted by Gasteiger charge is -2.17. The third kappa shape index (κ3) is 2.52. The molecule has 0 spiro atoms. The van der Waals surface area contributed by atoms with Gasteiger partial charge < -0.3 is 5.11 Å². The Kier molecular flexibility index (Phi) is 3.65. The number of aryl methyl sites for hydroxylation is 2. The Labute approximate surface area is 120 Å². The zero-order valence-corrected chi connectivity index (χ0v) is 12.3. The topological polar surface area (TPSA) is 40.5 Å². The number of aliphatic hydroxyl groups excluding tert-OH is 1. The highest BCUT2D eigenvalue weighted by molar-refractivity contribution is 5.97. The second kappa shape index (κ2) is 5.30. The fourth-order valence-electron chi connectivity index (χ4n) is 3.67. The van der Waals surface area contributed by atoms with Crippen LogP contribution in [0.25, 0.3) is 0 Å². The number of ketones is 1. The maximum Gasteiger partial charge on any atom is 0.176 e. The van der Waals surface area contributed by atoms with Gasteiger partial charge in [-0.2, -0.15) is 0 Å². The summed E-state index contributed by atoms with van der Waals surface area (Å²) >= 11 is 0. The Morgan fingerprint density at radius 3 is 2.75 bits per heavy atom. The lowest BCUT2D eigenvalue weighted by atomic mass is 10.00. The molecule has 1 N–H and O–H groups in total. The van der Waals surface area contributed by atoms with E-state index in [1.807, 2.05) is 25.1 Å². The van der Waals surface area contributed by atoms with Crippen molar-refractivity contribution < 1.29 is 9.90 Å². The highest BCUT2D eigenvalue weighted by Gasteiger charge is 2.42. The standard InChI is InChI=1S/C17H23NO2/c1-11-3-4-13(7-12(11)2)17(20)10-18-8-14-5-6-16(19)15(14)9-18/h3-4,7,14-16,19H,5-6,8-10H2,1-2H3. The Bertz CT molecular complexity index is 526. The summed E-state index contributed by atoms with van der Waals surface area (Å²) < 4.78 is 0. The van der Waals surface area contributed by atoms with Crippen molar-refractivity contribution in [2.75, 3.05) is 19.6 Å². The third-order valence-corrected chi connectivity index (χ3v) is 5.09. The molecule has 1 aromatic rings. The first-order chi connectivity index (χ1) is 9.54. The normalized spacial score (nSPS) is 29.6. The number of carbonyl (C=O) groups excluding carboxylic acids is 1. The molecule has 3 unspecified atom stereocenters. The van der Waals surface area contributed by atoms with E-state index in [1.54, 1.807) is 0 Å². The van der Waals surface area contributed by atoms with Crippen LogP contribution in [0, 0.1) is 25.7 Å². The molecule has 2 fully saturated rings. The first-order valence-corrected chi connectivity index (χ1v) is 7.55. The minimum absolute atomic E-state index is 0.151. The van der Waals surface area contributed by atoms with Gasteiger partial charge in [0.25, 0.3) is 0 Å². The quantitative estimate of drug-likeness (QED) is 0.858. The first-order valence-electron chi connectivity index (χ1n) is 7.55. The fourth-order valence-corrected chi connectivity index (χ4v) is 3.67. The Balaban J connectivity index is 1.64. The molecule has 3 heteroatoms. The van der Waals surface area contributed by atoms with E-state index in [0.29, 0.717) is 18.4 Å². The van der Waals surface area contributed by atoms with Crippen LogP contribution in [0.2, 0.25) is 0 Å². The number of hydrogen-bond donors (Lipinski definition) is 1. The third-order valence-electron chi connectivity index (χ3n) is 5.09. The van der Waals surface area contributed by atoms with E-state index in [-0.39, 0.29) is 11.9 Å². The molecule has 0 bridgehead atoms. The van der Waals surface area contributed by atoms with Gasteiger partial charge in [-0.1, -0.05) is 12.1 Å². The molecule has 1 aliphatic carbocycles. The van der Waals surface area contributed by atoms with Crippen molar-refractivity contribution in [3.63, 3.8) is 0 Å². The lowest BCUT2D eigenvalue weighted by molar-refractivity contribution is 0.0919. The Hall–Kier alpha value is -1.19. The maximum atomic E-state index is 12.4. The Morgan fingerprint density at radius 1 is 1.25 bits per heavy atom. The monoisotopic (exact) mass is 273 g/mol. The van der Waals surface area contributed by atoms with Crippen LogP contribution in [-0.4, -0.2) is 41.5 Å². The second-order valence-corrected chi connectivity index (χ2v) is 6.48. The highest BCUT2D eigenvalue weighted by Crippen LogP contribution is 2.37. The van der Waals surface area contributed by atoms with Gasteiger partial charge in [-0.15, -0.1) is 0 Å². The number of carbonyl (C=O) groups is 1. The van der Waals surface area contributed by atoms with Crippen LogP contribution in [0.3, 0.4) is 0 Å². The van der Waals surface area contributed by atoms with Gasteiger partial charge in [0.05, 0.1) is 12.6 Å². The smallest absolute Gasteiger partial charge is 0.176 e. The highest BCUT2D eigenvalue weighted by atomic mass is 16.3. The molecule has 1 aliphatic heterocycles. The summed E-state index contributed by atoms with van der Waals surface area (Å²) in [5.41, 5.74) is 3.20. The van der Waals surface area contributed by atoms with Crippen LogP contribution < -0.4 is 0 Å². The van der Waals surface area contributed by atoms with Crippen molar-refractivity contribution in [1.82, 2.24) is 4.90 Å². The summed E-state index contributed by atoms with van der Waals surface area (Å²) in [5.74, 6) is 1.18. The van der Waals surface area contributed by atoms with Crippen molar-refractivity contribution in [2.24, 2.45) is 11.8 Å². The Morgan fingerprint density at radius 2 is 2.05 bits per heavy atom. The van der Waals surface area contributed by atoms with Crippen LogP contribution in [0.1, 0.15) is 34.3 Å². The number of rotatable bonds is 3. The van der Waals surface area contributed by atoms with Crippen molar-refractivity contribution in [2.45, 2.75) is 32.8 Å². The van der Waals surface area contributed by atoms with Crippen LogP contribution in [-0.2, 0) is 0 Å². The zero-order chi connectivity index (χ0) is 14.3. The van der Waals surface area contributed by atoms with Gasteiger partial charge in [0, 0.05) is 24.6 Å².